The number of ether oxygens (including phenoxy) is 1. The smallest absolute Gasteiger partial charge is 0.422 e. The molecule has 2 heterocycles. The van der Waals surface area contributed by atoms with Gasteiger partial charge in [0.2, 0.25) is 0 Å². The average Bonchev–Trinajstić information content (AvgIpc) is 2.87. The Balaban J connectivity index is 2.26. The van der Waals surface area contributed by atoms with Crippen molar-refractivity contribution in [1.29, 1.82) is 0 Å². The van der Waals surface area contributed by atoms with Crippen LogP contribution < -0.4 is 10.6 Å². The summed E-state index contributed by atoms with van der Waals surface area (Å²) < 4.78 is 40.7. The topological polar surface area (TPSA) is 67.4 Å². The van der Waals surface area contributed by atoms with Crippen molar-refractivity contribution in [2.75, 3.05) is 6.61 Å². The largest absolute Gasteiger partial charge is 0.453 e. The maximum Gasteiger partial charge on any atom is 0.422 e. The summed E-state index contributed by atoms with van der Waals surface area (Å²) in [5, 5.41) is 6.58. The standard InChI is InChI=1S/C12H11F3N2O3S/c1-6-8(10(18)20-5-12(13,14)15)9(17-11(19)16-6)7-3-2-4-21-7/h2-4,9H,5H2,1H3,(H2,16,17,19). The van der Waals surface area contributed by atoms with Crippen LogP contribution in [0, 0.1) is 0 Å². The molecule has 9 heteroatoms. The summed E-state index contributed by atoms with van der Waals surface area (Å²) in [7, 11) is 0. The first-order valence-electron chi connectivity index (χ1n) is 5.83. The number of esters is 1. The molecule has 1 aliphatic heterocycles. The summed E-state index contributed by atoms with van der Waals surface area (Å²) in [5.41, 5.74) is 0.130. The Morgan fingerprint density at radius 1 is 1.48 bits per heavy atom. The number of carbonyl (C=O) groups is 2. The van der Waals surface area contributed by atoms with E-state index < -0.39 is 30.8 Å². The molecule has 0 aliphatic carbocycles. The highest BCUT2D eigenvalue weighted by Crippen LogP contribution is 2.30. The Morgan fingerprint density at radius 3 is 2.76 bits per heavy atom. The van der Waals surface area contributed by atoms with E-state index in [0.29, 0.717) is 4.88 Å². The second-order valence-corrected chi connectivity index (χ2v) is 5.26. The van der Waals surface area contributed by atoms with Crippen molar-refractivity contribution in [2.45, 2.75) is 19.1 Å². The van der Waals surface area contributed by atoms with Gasteiger partial charge >= 0.3 is 18.2 Å². The summed E-state index contributed by atoms with van der Waals surface area (Å²) in [4.78, 5) is 24.0. The van der Waals surface area contributed by atoms with E-state index in [-0.39, 0.29) is 11.3 Å². The molecule has 0 radical (unpaired) electrons. The van der Waals surface area contributed by atoms with Gasteiger partial charge in [-0.2, -0.15) is 13.2 Å². The summed E-state index contributed by atoms with van der Waals surface area (Å²) in [5.74, 6) is -1.12. The summed E-state index contributed by atoms with van der Waals surface area (Å²) in [6.45, 7) is -0.239. The number of allylic oxidation sites excluding steroid dienone is 1. The number of hydrogen-bond acceptors (Lipinski definition) is 4. The number of amides is 2. The van der Waals surface area contributed by atoms with Gasteiger partial charge in [0.1, 0.15) is 0 Å². The lowest BCUT2D eigenvalue weighted by Gasteiger charge is -2.27. The molecule has 1 unspecified atom stereocenters. The number of urea groups is 1. The highest BCUT2D eigenvalue weighted by molar-refractivity contribution is 7.10. The lowest BCUT2D eigenvalue weighted by atomic mass is 10.0. The van der Waals surface area contributed by atoms with Crippen molar-refractivity contribution in [1.82, 2.24) is 10.6 Å². The SMILES string of the molecule is CC1=C(C(=O)OCC(F)(F)F)C(c2cccs2)NC(=O)N1. The van der Waals surface area contributed by atoms with Gasteiger partial charge in [0.25, 0.3) is 0 Å². The number of hydrogen-bond donors (Lipinski definition) is 2. The Hall–Kier alpha value is -2.03. The van der Waals surface area contributed by atoms with Gasteiger partial charge in [-0.05, 0) is 18.4 Å². The predicted molar refractivity (Wildman–Crippen MR) is 68.4 cm³/mol. The normalized spacial score (nSPS) is 19.0. The maximum absolute atomic E-state index is 12.1. The molecule has 1 atom stereocenters. The van der Waals surface area contributed by atoms with Crippen molar-refractivity contribution >= 4 is 23.3 Å². The van der Waals surface area contributed by atoms with Gasteiger partial charge in [-0.1, -0.05) is 6.07 Å². The molecule has 114 valence electrons. The number of halogens is 3. The Kier molecular flexibility index (Phi) is 4.21. The molecule has 5 nitrogen and oxygen atoms in total. The molecule has 0 fully saturated rings. The monoisotopic (exact) mass is 320 g/mol. The Labute approximate surface area is 121 Å². The minimum Gasteiger partial charge on any atom is -0.453 e. The van der Waals surface area contributed by atoms with Crippen molar-refractivity contribution < 1.29 is 27.5 Å². The molecular weight excluding hydrogens is 309 g/mol. The van der Waals surface area contributed by atoms with E-state index >= 15 is 0 Å². The molecule has 2 N–H and O–H groups in total. The Morgan fingerprint density at radius 2 is 2.19 bits per heavy atom. The summed E-state index contributed by atoms with van der Waals surface area (Å²) in [6, 6.07) is 2.03. The number of nitrogens with one attached hydrogen (secondary N) is 2. The van der Waals surface area contributed by atoms with Crippen LogP contribution in [0.1, 0.15) is 17.8 Å². The molecule has 21 heavy (non-hydrogen) atoms. The quantitative estimate of drug-likeness (QED) is 0.841. The van der Waals surface area contributed by atoms with Gasteiger partial charge < -0.3 is 15.4 Å². The number of carbonyl (C=O) groups excluding carboxylic acids is 2. The third-order valence-electron chi connectivity index (χ3n) is 2.68. The first-order chi connectivity index (χ1) is 9.78. The predicted octanol–water partition coefficient (Wildman–Crippen LogP) is 2.48. The lowest BCUT2D eigenvalue weighted by Crippen LogP contribution is -2.45. The zero-order valence-electron chi connectivity index (χ0n) is 10.8. The van der Waals surface area contributed by atoms with E-state index in [1.54, 1.807) is 17.5 Å². The highest BCUT2D eigenvalue weighted by atomic mass is 32.1. The van der Waals surface area contributed by atoms with Crippen LogP contribution in [-0.4, -0.2) is 24.8 Å². The van der Waals surface area contributed by atoms with Crippen LogP contribution in [0.4, 0.5) is 18.0 Å². The second-order valence-electron chi connectivity index (χ2n) is 4.28. The van der Waals surface area contributed by atoms with E-state index in [2.05, 4.69) is 15.4 Å². The number of rotatable bonds is 3. The van der Waals surface area contributed by atoms with E-state index in [1.165, 1.54) is 18.3 Å². The molecule has 0 saturated heterocycles. The molecule has 2 amide bonds. The van der Waals surface area contributed by atoms with Gasteiger partial charge in [0.15, 0.2) is 6.61 Å². The zero-order chi connectivity index (χ0) is 15.6. The molecule has 0 aromatic carbocycles. The van der Waals surface area contributed by atoms with Crippen LogP contribution in [0.25, 0.3) is 0 Å². The second kappa shape index (κ2) is 5.76. The molecular formula is C12H11F3N2O3S. The first kappa shape index (κ1) is 15.4. The van der Waals surface area contributed by atoms with Gasteiger partial charge in [0.05, 0.1) is 11.6 Å². The minimum atomic E-state index is -4.60. The molecule has 0 saturated carbocycles. The van der Waals surface area contributed by atoms with Crippen LogP contribution in [0.2, 0.25) is 0 Å². The molecule has 1 aromatic rings. The van der Waals surface area contributed by atoms with E-state index in [4.69, 9.17) is 0 Å². The lowest BCUT2D eigenvalue weighted by molar-refractivity contribution is -0.183. The van der Waals surface area contributed by atoms with Crippen LogP contribution in [0.5, 0.6) is 0 Å². The highest BCUT2D eigenvalue weighted by Gasteiger charge is 2.35. The third-order valence-corrected chi connectivity index (χ3v) is 3.62. The maximum atomic E-state index is 12.1. The van der Waals surface area contributed by atoms with Gasteiger partial charge in [-0.15, -0.1) is 11.3 Å². The molecule has 2 rings (SSSR count). The van der Waals surface area contributed by atoms with Crippen LogP contribution in [-0.2, 0) is 9.53 Å². The van der Waals surface area contributed by atoms with Gasteiger partial charge in [-0.25, -0.2) is 9.59 Å². The summed E-state index contributed by atoms with van der Waals surface area (Å²) in [6.07, 6.45) is -4.60. The molecule has 0 spiro atoms. The number of thiophene rings is 1. The van der Waals surface area contributed by atoms with Crippen LogP contribution in [0.3, 0.4) is 0 Å². The molecule has 0 bridgehead atoms. The van der Waals surface area contributed by atoms with Crippen molar-refractivity contribution in [3.8, 4) is 0 Å². The summed E-state index contributed by atoms with van der Waals surface area (Å²) >= 11 is 1.27. The van der Waals surface area contributed by atoms with E-state index in [9.17, 15) is 22.8 Å². The van der Waals surface area contributed by atoms with Crippen LogP contribution in [0.15, 0.2) is 28.8 Å². The van der Waals surface area contributed by atoms with E-state index in [0.717, 1.165) is 0 Å². The van der Waals surface area contributed by atoms with Crippen molar-refractivity contribution in [2.24, 2.45) is 0 Å². The molecule has 1 aromatic heterocycles. The third kappa shape index (κ3) is 3.75. The fourth-order valence-corrected chi connectivity index (χ4v) is 2.64. The average molecular weight is 320 g/mol. The first-order valence-corrected chi connectivity index (χ1v) is 6.71. The Bertz CT molecular complexity index is 581. The van der Waals surface area contributed by atoms with E-state index in [1.807, 2.05) is 0 Å². The van der Waals surface area contributed by atoms with Crippen molar-refractivity contribution in [3.05, 3.63) is 33.7 Å². The number of alkyl halides is 3. The van der Waals surface area contributed by atoms with Crippen LogP contribution >= 0.6 is 11.3 Å². The molecule has 1 aliphatic rings. The van der Waals surface area contributed by atoms with Crippen molar-refractivity contribution in [3.63, 3.8) is 0 Å². The fraction of sp³-hybridized carbons (Fsp3) is 0.333. The minimum absolute atomic E-state index is 0.0405. The zero-order valence-corrected chi connectivity index (χ0v) is 11.6. The van der Waals surface area contributed by atoms with Gasteiger partial charge in [-0.3, -0.25) is 0 Å². The fourth-order valence-electron chi connectivity index (χ4n) is 1.86. The van der Waals surface area contributed by atoms with Gasteiger partial charge in [0, 0.05) is 10.6 Å².